The molecular formula is C14H23N5O2. The number of nitrogens with one attached hydrogen (secondary N) is 2. The van der Waals surface area contributed by atoms with E-state index in [0.29, 0.717) is 50.1 Å². The summed E-state index contributed by atoms with van der Waals surface area (Å²) in [6, 6.07) is 0. The highest BCUT2D eigenvalue weighted by Crippen LogP contribution is 2.16. The van der Waals surface area contributed by atoms with Crippen molar-refractivity contribution in [2.45, 2.75) is 26.7 Å². The molecular weight excluding hydrogens is 270 g/mol. The molecule has 2 N–H and O–H groups in total. The molecule has 1 aromatic rings. The summed E-state index contributed by atoms with van der Waals surface area (Å²) < 4.78 is 5.27. The molecule has 7 nitrogen and oxygen atoms in total. The normalized spacial score (nSPS) is 16.0. The second-order valence-electron chi connectivity index (χ2n) is 5.22. The van der Waals surface area contributed by atoms with Crippen molar-refractivity contribution in [3.8, 4) is 0 Å². The van der Waals surface area contributed by atoms with Gasteiger partial charge in [0.2, 0.25) is 0 Å². The summed E-state index contributed by atoms with van der Waals surface area (Å²) in [5, 5.41) is 4.99. The lowest BCUT2D eigenvalue weighted by atomic mass is 10.2. The Labute approximate surface area is 125 Å². The lowest BCUT2D eigenvalue weighted by Gasteiger charge is -2.27. The number of hydrogen-bond acceptors (Lipinski definition) is 6. The molecule has 1 aromatic heterocycles. The molecule has 116 valence electrons. The maximum Gasteiger partial charge on any atom is 0.286 e. The number of morpholine rings is 1. The van der Waals surface area contributed by atoms with Crippen LogP contribution in [0.15, 0.2) is 6.20 Å². The minimum atomic E-state index is -0.211. The van der Waals surface area contributed by atoms with E-state index in [1.54, 1.807) is 6.20 Å². The van der Waals surface area contributed by atoms with Crippen LogP contribution in [0.3, 0.4) is 0 Å². The van der Waals surface area contributed by atoms with Crippen LogP contribution in [-0.4, -0.2) is 53.7 Å². The third-order valence-electron chi connectivity index (χ3n) is 3.18. The molecule has 0 spiro atoms. The molecule has 21 heavy (non-hydrogen) atoms. The lowest BCUT2D eigenvalue weighted by Crippen LogP contribution is -2.48. The van der Waals surface area contributed by atoms with Gasteiger partial charge in [-0.05, 0) is 6.92 Å². The highest BCUT2D eigenvalue weighted by molar-refractivity contribution is 5.97. The van der Waals surface area contributed by atoms with Crippen molar-refractivity contribution in [1.29, 1.82) is 0 Å². The first-order chi connectivity index (χ1) is 10.1. The van der Waals surface area contributed by atoms with E-state index in [0.717, 1.165) is 0 Å². The predicted molar refractivity (Wildman–Crippen MR) is 80.1 cm³/mol. The molecule has 2 rings (SSSR count). The molecule has 1 saturated heterocycles. The van der Waals surface area contributed by atoms with Gasteiger partial charge < -0.3 is 10.1 Å². The number of carbonyl (C=O) groups is 1. The third kappa shape index (κ3) is 4.12. The minimum absolute atomic E-state index is 0.176. The summed E-state index contributed by atoms with van der Waals surface area (Å²) >= 11 is 0. The molecule has 1 amide bonds. The smallest absolute Gasteiger partial charge is 0.286 e. The van der Waals surface area contributed by atoms with Gasteiger partial charge in [0.25, 0.3) is 5.91 Å². The molecule has 1 fully saturated rings. The minimum Gasteiger partial charge on any atom is -0.382 e. The number of ether oxygens (including phenoxy) is 1. The summed E-state index contributed by atoms with van der Waals surface area (Å²) in [5.41, 5.74) is 3.93. The molecule has 0 radical (unpaired) electrons. The monoisotopic (exact) mass is 293 g/mol. The first kappa shape index (κ1) is 15.7. The molecule has 0 aliphatic carbocycles. The van der Waals surface area contributed by atoms with Gasteiger partial charge in [-0.2, -0.15) is 0 Å². The van der Waals surface area contributed by atoms with Gasteiger partial charge in [0.15, 0.2) is 5.69 Å². The van der Waals surface area contributed by atoms with Crippen LogP contribution in [0.1, 0.15) is 43.0 Å². The van der Waals surface area contributed by atoms with Crippen molar-refractivity contribution >= 4 is 11.6 Å². The van der Waals surface area contributed by atoms with Crippen LogP contribution in [0.4, 0.5) is 5.69 Å². The fraction of sp³-hybridized carbons (Fsp3) is 0.643. The van der Waals surface area contributed by atoms with Crippen LogP contribution in [0.25, 0.3) is 0 Å². The molecule has 0 bridgehead atoms. The van der Waals surface area contributed by atoms with E-state index in [-0.39, 0.29) is 11.8 Å². The van der Waals surface area contributed by atoms with E-state index < -0.39 is 0 Å². The Morgan fingerprint density at radius 2 is 2.14 bits per heavy atom. The Hall–Kier alpha value is -1.73. The van der Waals surface area contributed by atoms with Crippen LogP contribution in [0.5, 0.6) is 0 Å². The largest absolute Gasteiger partial charge is 0.382 e. The van der Waals surface area contributed by atoms with Crippen LogP contribution in [-0.2, 0) is 4.74 Å². The van der Waals surface area contributed by atoms with Crippen LogP contribution >= 0.6 is 0 Å². The van der Waals surface area contributed by atoms with Crippen molar-refractivity contribution in [2.75, 3.05) is 38.2 Å². The SMILES string of the molecule is CCNc1cnc(C(C)C)nc1C(=O)NN1CCOCC1. The van der Waals surface area contributed by atoms with Gasteiger partial charge in [-0.25, -0.2) is 15.0 Å². The van der Waals surface area contributed by atoms with Crippen LogP contribution in [0, 0.1) is 0 Å². The first-order valence-electron chi connectivity index (χ1n) is 7.36. The van der Waals surface area contributed by atoms with E-state index in [2.05, 4.69) is 20.7 Å². The standard InChI is InChI=1S/C14H23N5O2/c1-4-15-11-9-16-13(10(2)3)17-12(11)14(20)18-19-5-7-21-8-6-19/h9-10,15H,4-8H2,1-3H3,(H,18,20). The fourth-order valence-corrected chi connectivity index (χ4v) is 2.04. The molecule has 2 heterocycles. The average molecular weight is 293 g/mol. The molecule has 7 heteroatoms. The summed E-state index contributed by atoms with van der Waals surface area (Å²) in [5.74, 6) is 0.636. The lowest BCUT2D eigenvalue weighted by molar-refractivity contribution is 0.0125. The van der Waals surface area contributed by atoms with Gasteiger partial charge in [-0.15, -0.1) is 0 Å². The second-order valence-corrected chi connectivity index (χ2v) is 5.22. The Bertz CT molecular complexity index is 486. The van der Waals surface area contributed by atoms with E-state index in [1.807, 2.05) is 25.8 Å². The molecule has 1 aliphatic rings. The number of nitrogens with zero attached hydrogens (tertiary/aromatic N) is 3. The Balaban J connectivity index is 2.17. The van der Waals surface area contributed by atoms with Gasteiger partial charge in [0.1, 0.15) is 5.82 Å². The van der Waals surface area contributed by atoms with Gasteiger partial charge in [-0.3, -0.25) is 10.2 Å². The highest BCUT2D eigenvalue weighted by Gasteiger charge is 2.19. The van der Waals surface area contributed by atoms with Crippen molar-refractivity contribution in [2.24, 2.45) is 0 Å². The topological polar surface area (TPSA) is 79.4 Å². The van der Waals surface area contributed by atoms with Crippen molar-refractivity contribution in [3.63, 3.8) is 0 Å². The Kier molecular flexibility index (Phi) is 5.46. The van der Waals surface area contributed by atoms with Crippen molar-refractivity contribution < 1.29 is 9.53 Å². The van der Waals surface area contributed by atoms with Gasteiger partial charge in [-0.1, -0.05) is 13.8 Å². The predicted octanol–water partition coefficient (Wildman–Crippen LogP) is 1.01. The molecule has 1 aliphatic heterocycles. The number of rotatable bonds is 5. The zero-order chi connectivity index (χ0) is 15.2. The first-order valence-corrected chi connectivity index (χ1v) is 7.36. The summed E-state index contributed by atoms with van der Waals surface area (Å²) in [7, 11) is 0. The molecule has 0 atom stereocenters. The quantitative estimate of drug-likeness (QED) is 0.843. The molecule has 0 aromatic carbocycles. The molecule has 0 unspecified atom stereocenters. The summed E-state index contributed by atoms with van der Waals surface area (Å²) in [4.78, 5) is 21.2. The summed E-state index contributed by atoms with van der Waals surface area (Å²) in [6.07, 6.45) is 1.68. The molecule has 0 saturated carbocycles. The zero-order valence-electron chi connectivity index (χ0n) is 12.8. The van der Waals surface area contributed by atoms with E-state index in [9.17, 15) is 4.79 Å². The van der Waals surface area contributed by atoms with Crippen LogP contribution < -0.4 is 10.7 Å². The fourth-order valence-electron chi connectivity index (χ4n) is 2.04. The number of hydrazine groups is 1. The van der Waals surface area contributed by atoms with E-state index in [4.69, 9.17) is 4.74 Å². The van der Waals surface area contributed by atoms with Gasteiger partial charge >= 0.3 is 0 Å². The third-order valence-corrected chi connectivity index (χ3v) is 3.18. The van der Waals surface area contributed by atoms with E-state index >= 15 is 0 Å². The van der Waals surface area contributed by atoms with Crippen LogP contribution in [0.2, 0.25) is 0 Å². The number of amides is 1. The second kappa shape index (κ2) is 7.33. The Morgan fingerprint density at radius 1 is 1.43 bits per heavy atom. The average Bonchev–Trinajstić information content (AvgIpc) is 2.48. The zero-order valence-corrected chi connectivity index (χ0v) is 12.8. The van der Waals surface area contributed by atoms with E-state index in [1.165, 1.54) is 0 Å². The number of hydrogen-bond donors (Lipinski definition) is 2. The van der Waals surface area contributed by atoms with Crippen molar-refractivity contribution in [1.82, 2.24) is 20.4 Å². The number of carbonyl (C=O) groups excluding carboxylic acids is 1. The number of aromatic nitrogens is 2. The summed E-state index contributed by atoms with van der Waals surface area (Å²) in [6.45, 7) is 9.32. The van der Waals surface area contributed by atoms with Gasteiger partial charge in [0, 0.05) is 25.6 Å². The highest BCUT2D eigenvalue weighted by atomic mass is 16.5. The number of anilines is 1. The Morgan fingerprint density at radius 3 is 2.76 bits per heavy atom. The van der Waals surface area contributed by atoms with Gasteiger partial charge in [0.05, 0.1) is 25.1 Å². The maximum atomic E-state index is 12.5. The van der Waals surface area contributed by atoms with Crippen molar-refractivity contribution in [3.05, 3.63) is 17.7 Å². The maximum absolute atomic E-state index is 12.5.